The number of amides is 1. The highest BCUT2D eigenvalue weighted by Crippen LogP contribution is 2.59. The molecule has 0 aromatic heterocycles. The molecule has 232 valence electrons. The number of fused-ring (bicyclic) bond motifs is 6. The number of hydrazone groups is 1. The molecule has 8 heteroatoms. The second-order valence-electron chi connectivity index (χ2n) is 11.5. The maximum atomic E-state index is 14.4. The predicted octanol–water partition coefficient (Wildman–Crippen LogP) is 7.61. The molecule has 0 atom stereocenters. The van der Waals surface area contributed by atoms with Crippen molar-refractivity contribution in [1.29, 1.82) is 0 Å². The summed E-state index contributed by atoms with van der Waals surface area (Å²) in [5.41, 5.74) is 7.46. The lowest BCUT2D eigenvalue weighted by Gasteiger charge is -2.42. The number of phenolic OH excluding ortho intramolecular Hbond substituents is 1. The molecule has 0 saturated heterocycles. The zero-order valence-electron chi connectivity index (χ0n) is 26.9. The van der Waals surface area contributed by atoms with Crippen molar-refractivity contribution in [2.45, 2.75) is 47.1 Å². The van der Waals surface area contributed by atoms with Gasteiger partial charge in [0.05, 0.1) is 6.21 Å². The molecular weight excluding hydrogens is 562 g/mol. The molecule has 1 amide bonds. The van der Waals surface area contributed by atoms with Crippen LogP contribution in [0.25, 0.3) is 0 Å². The Morgan fingerprint density at radius 2 is 1.44 bits per heavy atom. The van der Waals surface area contributed by atoms with Crippen LogP contribution in [0.2, 0.25) is 0 Å². The monoisotopic (exact) mass is 603 g/mol. The zero-order chi connectivity index (χ0) is 31.9. The van der Waals surface area contributed by atoms with Gasteiger partial charge in [-0.25, -0.2) is 5.01 Å². The first-order chi connectivity index (χ1) is 21.8. The van der Waals surface area contributed by atoms with Gasteiger partial charge in [-0.15, -0.1) is 0 Å². The van der Waals surface area contributed by atoms with Crippen molar-refractivity contribution in [2.24, 2.45) is 5.10 Å². The van der Waals surface area contributed by atoms with Gasteiger partial charge in [0.25, 0.3) is 5.91 Å². The quantitative estimate of drug-likeness (QED) is 0.171. The molecule has 0 aliphatic carbocycles. The first-order valence-corrected chi connectivity index (χ1v) is 15.8. The van der Waals surface area contributed by atoms with Crippen LogP contribution >= 0.6 is 0 Å². The number of phenols is 1. The maximum absolute atomic E-state index is 14.4. The summed E-state index contributed by atoms with van der Waals surface area (Å²) >= 11 is 0. The smallest absolute Gasteiger partial charge is 0.275 e. The molecular formula is C37H41N5O3. The summed E-state index contributed by atoms with van der Waals surface area (Å²) in [7, 11) is 0. The van der Waals surface area contributed by atoms with Gasteiger partial charge in [0.15, 0.2) is 0 Å². The average Bonchev–Trinajstić information content (AvgIpc) is 3.27. The average molecular weight is 604 g/mol. The molecule has 0 fully saturated rings. The molecule has 6 rings (SSSR count). The van der Waals surface area contributed by atoms with Gasteiger partial charge in [0.2, 0.25) is 0 Å². The number of ether oxygens (including phenoxy) is 1. The lowest BCUT2D eigenvalue weighted by Crippen LogP contribution is -2.44. The van der Waals surface area contributed by atoms with E-state index in [-0.39, 0.29) is 11.7 Å². The van der Waals surface area contributed by atoms with E-state index in [0.29, 0.717) is 22.6 Å². The lowest BCUT2D eigenvalue weighted by atomic mass is 9.74. The predicted molar refractivity (Wildman–Crippen MR) is 183 cm³/mol. The van der Waals surface area contributed by atoms with Gasteiger partial charge in [0.1, 0.15) is 22.8 Å². The SMILES string of the molecule is CCNc1cc2c(cc1C)C1(c3cc(C)c(NCC)cc3O2)c2ccccc2C(=O)N1/N=C/c1ccc(N(CC)CC)cc1O. The third kappa shape index (κ3) is 4.76. The number of anilines is 3. The van der Waals surface area contributed by atoms with Crippen LogP contribution in [0.5, 0.6) is 17.2 Å². The first-order valence-electron chi connectivity index (χ1n) is 15.8. The number of nitrogens with one attached hydrogen (secondary N) is 2. The molecule has 2 aliphatic rings. The largest absolute Gasteiger partial charge is 0.507 e. The van der Waals surface area contributed by atoms with Crippen molar-refractivity contribution >= 4 is 29.2 Å². The zero-order valence-corrected chi connectivity index (χ0v) is 26.9. The number of hydrogen-bond donors (Lipinski definition) is 3. The normalized spacial score (nSPS) is 14.3. The molecule has 2 aliphatic heterocycles. The first kappa shape index (κ1) is 30.1. The summed E-state index contributed by atoms with van der Waals surface area (Å²) in [6, 6.07) is 21.6. The van der Waals surface area contributed by atoms with Crippen molar-refractivity contribution in [3.8, 4) is 17.2 Å². The fourth-order valence-corrected chi connectivity index (χ4v) is 6.71. The highest BCUT2D eigenvalue weighted by molar-refractivity contribution is 6.03. The summed E-state index contributed by atoms with van der Waals surface area (Å²) in [5, 5.41) is 24.4. The highest BCUT2D eigenvalue weighted by atomic mass is 16.5. The molecule has 0 radical (unpaired) electrons. The number of aromatic hydroxyl groups is 1. The van der Waals surface area contributed by atoms with Crippen LogP contribution in [-0.2, 0) is 5.54 Å². The van der Waals surface area contributed by atoms with E-state index in [2.05, 4.69) is 69.2 Å². The van der Waals surface area contributed by atoms with E-state index in [0.717, 1.165) is 71.1 Å². The van der Waals surface area contributed by atoms with Crippen molar-refractivity contribution in [3.63, 3.8) is 0 Å². The number of carbonyl (C=O) groups excluding carboxylic acids is 1. The Labute approximate surface area is 265 Å². The molecule has 2 heterocycles. The fourth-order valence-electron chi connectivity index (χ4n) is 6.71. The lowest BCUT2D eigenvalue weighted by molar-refractivity contribution is 0.0675. The number of rotatable bonds is 9. The van der Waals surface area contributed by atoms with Crippen molar-refractivity contribution in [2.75, 3.05) is 41.7 Å². The van der Waals surface area contributed by atoms with Crippen LogP contribution in [0.3, 0.4) is 0 Å². The number of aryl methyl sites for hydroxylation is 2. The Hall–Kier alpha value is -4.98. The van der Waals surface area contributed by atoms with Crippen LogP contribution < -0.4 is 20.3 Å². The molecule has 4 aromatic rings. The molecule has 8 nitrogen and oxygen atoms in total. The Morgan fingerprint density at radius 3 is 2.00 bits per heavy atom. The third-order valence-corrected chi connectivity index (χ3v) is 8.90. The second kappa shape index (κ2) is 11.8. The van der Waals surface area contributed by atoms with E-state index in [1.54, 1.807) is 17.3 Å². The molecule has 0 bridgehead atoms. The third-order valence-electron chi connectivity index (χ3n) is 8.90. The maximum Gasteiger partial charge on any atom is 0.275 e. The summed E-state index contributed by atoms with van der Waals surface area (Å²) in [5.74, 6) is 1.20. The Bertz CT molecular complexity index is 1750. The Balaban J connectivity index is 1.61. The number of hydrogen-bond acceptors (Lipinski definition) is 7. The fraction of sp³-hybridized carbons (Fsp3) is 0.297. The minimum atomic E-state index is -1.10. The second-order valence-corrected chi connectivity index (χ2v) is 11.5. The number of nitrogens with zero attached hydrogens (tertiary/aromatic N) is 3. The van der Waals surface area contributed by atoms with Gasteiger partial charge < -0.3 is 25.4 Å². The highest BCUT2D eigenvalue weighted by Gasteiger charge is 2.57. The van der Waals surface area contributed by atoms with E-state index in [4.69, 9.17) is 9.84 Å². The van der Waals surface area contributed by atoms with Crippen LogP contribution in [-0.4, -0.2) is 48.4 Å². The van der Waals surface area contributed by atoms with Crippen molar-refractivity contribution in [1.82, 2.24) is 5.01 Å². The number of carbonyl (C=O) groups is 1. The number of benzene rings is 4. The van der Waals surface area contributed by atoms with Crippen molar-refractivity contribution < 1.29 is 14.6 Å². The minimum Gasteiger partial charge on any atom is -0.507 e. The van der Waals surface area contributed by atoms with E-state index in [9.17, 15) is 9.90 Å². The molecule has 3 N–H and O–H groups in total. The summed E-state index contributed by atoms with van der Waals surface area (Å²) in [4.78, 5) is 16.6. The van der Waals surface area contributed by atoms with Crippen LogP contribution in [0.4, 0.5) is 17.1 Å². The van der Waals surface area contributed by atoms with Crippen molar-refractivity contribution in [3.05, 3.63) is 106 Å². The molecule has 1 spiro atoms. The molecule has 0 saturated carbocycles. The van der Waals surface area contributed by atoms with Crippen LogP contribution in [0, 0.1) is 13.8 Å². The van der Waals surface area contributed by atoms with E-state index in [1.165, 1.54) is 0 Å². The minimum absolute atomic E-state index is 0.103. The van der Waals surface area contributed by atoms with Gasteiger partial charge >= 0.3 is 0 Å². The van der Waals surface area contributed by atoms with E-state index in [1.807, 2.05) is 48.5 Å². The molecule has 0 unspecified atom stereocenters. The standard InChI is InChI=1S/C37H41N5O3/c1-7-38-31-20-34-29(17-23(31)5)37(30-18-24(6)32(39-8-2)21-35(30)45-34)28-14-12-11-13-27(28)36(44)42(37)40-22-25-15-16-26(19-33(25)43)41(9-3)10-4/h11-22,38-39,43H,7-10H2,1-6H3/b40-22+. The summed E-state index contributed by atoms with van der Waals surface area (Å²) in [6.45, 7) is 15.6. The van der Waals surface area contributed by atoms with Gasteiger partial charge in [0, 0.05) is 89.3 Å². The van der Waals surface area contributed by atoms with Gasteiger partial charge in [-0.2, -0.15) is 5.10 Å². The Morgan fingerprint density at radius 1 is 0.844 bits per heavy atom. The Kier molecular flexibility index (Phi) is 7.91. The molecule has 45 heavy (non-hydrogen) atoms. The van der Waals surface area contributed by atoms with Gasteiger partial charge in [-0.3, -0.25) is 4.79 Å². The summed E-state index contributed by atoms with van der Waals surface area (Å²) in [6.07, 6.45) is 1.58. The van der Waals surface area contributed by atoms with Gasteiger partial charge in [-0.1, -0.05) is 18.2 Å². The molecule has 4 aromatic carbocycles. The van der Waals surface area contributed by atoms with Crippen LogP contribution in [0.15, 0.2) is 71.8 Å². The van der Waals surface area contributed by atoms with Crippen LogP contribution in [0.1, 0.15) is 71.4 Å². The van der Waals surface area contributed by atoms with Gasteiger partial charge in [-0.05, 0) is 83.0 Å². The van der Waals surface area contributed by atoms with E-state index < -0.39 is 5.54 Å². The van der Waals surface area contributed by atoms with E-state index >= 15 is 0 Å². The topological polar surface area (TPSA) is 89.4 Å². The summed E-state index contributed by atoms with van der Waals surface area (Å²) < 4.78 is 6.67.